The average molecular weight is 559 g/mol. The van der Waals surface area contributed by atoms with Gasteiger partial charge in [-0.05, 0) is 99.4 Å². The van der Waals surface area contributed by atoms with Crippen molar-refractivity contribution < 1.29 is 18.7 Å². The van der Waals surface area contributed by atoms with Crippen molar-refractivity contribution in [1.82, 2.24) is 9.80 Å². The highest BCUT2D eigenvalue weighted by molar-refractivity contribution is 7.17. The molecule has 0 atom stereocenters. The molecule has 6 rings (SSSR count). The molecule has 0 bridgehead atoms. The van der Waals surface area contributed by atoms with E-state index in [4.69, 9.17) is 9.47 Å². The zero-order valence-electron chi connectivity index (χ0n) is 22.7. The molecule has 0 aliphatic carbocycles. The minimum atomic E-state index is -0.507. The maximum atomic E-state index is 14.9. The van der Waals surface area contributed by atoms with Crippen molar-refractivity contribution in [3.8, 4) is 22.6 Å². The van der Waals surface area contributed by atoms with Crippen LogP contribution in [0.5, 0.6) is 11.5 Å². The first-order valence-electron chi connectivity index (χ1n) is 14.3. The summed E-state index contributed by atoms with van der Waals surface area (Å²) >= 11 is 1.53. The molecule has 0 spiro atoms. The second kappa shape index (κ2) is 12.5. The van der Waals surface area contributed by atoms with E-state index in [0.29, 0.717) is 24.3 Å². The molecule has 7 heteroatoms. The lowest BCUT2D eigenvalue weighted by atomic mass is 9.95. The van der Waals surface area contributed by atoms with E-state index in [1.807, 2.05) is 47.8 Å². The first kappa shape index (κ1) is 26.9. The van der Waals surface area contributed by atoms with Gasteiger partial charge in [0, 0.05) is 39.7 Å². The van der Waals surface area contributed by atoms with Crippen molar-refractivity contribution in [2.45, 2.75) is 25.7 Å². The monoisotopic (exact) mass is 558 g/mol. The summed E-state index contributed by atoms with van der Waals surface area (Å²) in [5.74, 6) is 0.333. The van der Waals surface area contributed by atoms with Crippen LogP contribution >= 0.6 is 11.3 Å². The van der Waals surface area contributed by atoms with Crippen LogP contribution < -0.4 is 9.47 Å². The Morgan fingerprint density at radius 2 is 1.50 bits per heavy atom. The number of ether oxygens (including phenoxy) is 2. The number of rotatable bonds is 11. The quantitative estimate of drug-likeness (QED) is 0.188. The van der Waals surface area contributed by atoms with Crippen molar-refractivity contribution in [3.63, 3.8) is 0 Å². The van der Waals surface area contributed by atoms with Gasteiger partial charge in [0.25, 0.3) is 0 Å². The number of likely N-dealkylation sites (tertiary alicyclic amines) is 2. The number of fused-ring (bicyclic) bond motifs is 1. The van der Waals surface area contributed by atoms with E-state index in [0.717, 1.165) is 66.2 Å². The molecule has 2 aliphatic heterocycles. The number of benzene rings is 3. The van der Waals surface area contributed by atoms with Gasteiger partial charge in [-0.3, -0.25) is 14.6 Å². The number of thiophene rings is 1. The van der Waals surface area contributed by atoms with E-state index in [2.05, 4.69) is 9.80 Å². The Morgan fingerprint density at radius 1 is 0.825 bits per heavy atom. The van der Waals surface area contributed by atoms with E-state index in [-0.39, 0.29) is 11.5 Å². The summed E-state index contributed by atoms with van der Waals surface area (Å²) in [6.45, 7) is 7.33. The summed E-state index contributed by atoms with van der Waals surface area (Å²) in [6.07, 6.45) is 4.98. The molecule has 0 saturated carbocycles. The molecular formula is C33H35FN2O3S. The number of carbonyl (C=O) groups excluding carboxylic acids is 1. The largest absolute Gasteiger partial charge is 0.492 e. The van der Waals surface area contributed by atoms with Crippen LogP contribution in [0.1, 0.15) is 41.6 Å². The molecule has 5 nitrogen and oxygen atoms in total. The Kier molecular flexibility index (Phi) is 8.42. The summed E-state index contributed by atoms with van der Waals surface area (Å²) in [5, 5.41) is 2.77. The van der Waals surface area contributed by atoms with Crippen molar-refractivity contribution in [2.24, 2.45) is 0 Å². The normalized spacial score (nSPS) is 16.1. The third-order valence-corrected chi connectivity index (χ3v) is 8.89. The molecule has 3 aromatic carbocycles. The molecule has 3 heterocycles. The van der Waals surface area contributed by atoms with Crippen molar-refractivity contribution >= 4 is 27.2 Å². The van der Waals surface area contributed by atoms with Crippen LogP contribution in [-0.2, 0) is 0 Å². The van der Waals surface area contributed by atoms with Crippen LogP contribution in [0.4, 0.5) is 4.39 Å². The molecule has 1 aromatic heterocycles. The van der Waals surface area contributed by atoms with Gasteiger partial charge in [0.2, 0.25) is 0 Å². The third-order valence-electron chi connectivity index (χ3n) is 7.94. The first-order chi connectivity index (χ1) is 19.7. The molecule has 4 aromatic rings. The Labute approximate surface area is 239 Å². The fraction of sp³-hybridized carbons (Fsp3) is 0.364. The number of hydrogen-bond donors (Lipinski definition) is 0. The van der Waals surface area contributed by atoms with Gasteiger partial charge in [0.05, 0.1) is 0 Å². The zero-order chi connectivity index (χ0) is 27.3. The molecule has 0 amide bonds. The van der Waals surface area contributed by atoms with Crippen molar-refractivity contribution in [1.29, 1.82) is 0 Å². The second-order valence-corrected chi connectivity index (χ2v) is 11.5. The van der Waals surface area contributed by atoms with Crippen LogP contribution in [0.25, 0.3) is 21.2 Å². The highest BCUT2D eigenvalue weighted by Gasteiger charge is 2.20. The topological polar surface area (TPSA) is 42.0 Å². The molecule has 0 radical (unpaired) electrons. The minimum Gasteiger partial charge on any atom is -0.492 e. The van der Waals surface area contributed by atoms with Gasteiger partial charge in [-0.25, -0.2) is 4.39 Å². The van der Waals surface area contributed by atoms with Crippen LogP contribution in [0.2, 0.25) is 0 Å². The molecule has 2 saturated heterocycles. The van der Waals surface area contributed by atoms with E-state index in [9.17, 15) is 9.18 Å². The summed E-state index contributed by atoms with van der Waals surface area (Å²) in [5.41, 5.74) is 2.90. The SMILES string of the molecule is O=C(c1ccc(OCCN2CCCC2)c(F)c1)c1csc2cccc(-c3ccc(OCCN4CCCC4)cc3)c12. The third kappa shape index (κ3) is 6.07. The Hall–Kier alpha value is -3.26. The van der Waals surface area contributed by atoms with Crippen LogP contribution in [-0.4, -0.2) is 68.1 Å². The Bertz CT molecular complexity index is 1460. The maximum absolute atomic E-state index is 14.9. The van der Waals surface area contributed by atoms with Gasteiger partial charge in [-0.2, -0.15) is 0 Å². The smallest absolute Gasteiger partial charge is 0.194 e. The highest BCUT2D eigenvalue weighted by Crippen LogP contribution is 2.37. The van der Waals surface area contributed by atoms with Gasteiger partial charge in [0.1, 0.15) is 19.0 Å². The standard InChI is InChI=1S/C33H35FN2O3S/c34-29-22-25(10-13-30(29)39-21-19-36-16-3-4-17-36)33(37)28-23-40-31-7-5-6-27(32(28)31)24-8-11-26(12-9-24)38-20-18-35-14-1-2-15-35/h5-13,22-23H,1-4,14-21H2. The predicted molar refractivity (Wildman–Crippen MR) is 159 cm³/mol. The van der Waals surface area contributed by atoms with E-state index >= 15 is 0 Å². The summed E-state index contributed by atoms with van der Waals surface area (Å²) in [7, 11) is 0. The molecule has 0 unspecified atom stereocenters. The lowest BCUT2D eigenvalue weighted by molar-refractivity contribution is 0.104. The van der Waals surface area contributed by atoms with E-state index < -0.39 is 5.82 Å². The minimum absolute atomic E-state index is 0.189. The van der Waals surface area contributed by atoms with Crippen molar-refractivity contribution in [2.75, 3.05) is 52.5 Å². The van der Waals surface area contributed by atoms with E-state index in [1.165, 1.54) is 43.1 Å². The van der Waals surface area contributed by atoms with Crippen LogP contribution in [0.15, 0.2) is 66.0 Å². The average Bonchev–Trinajstić information content (AvgIpc) is 3.76. The fourth-order valence-corrected chi connectivity index (χ4v) is 6.70. The van der Waals surface area contributed by atoms with E-state index in [1.54, 1.807) is 12.1 Å². The molecule has 2 aliphatic rings. The van der Waals surface area contributed by atoms with Gasteiger partial charge >= 0.3 is 0 Å². The number of ketones is 1. The molecule has 40 heavy (non-hydrogen) atoms. The summed E-state index contributed by atoms with van der Waals surface area (Å²) < 4.78 is 27.6. The number of hydrogen-bond acceptors (Lipinski definition) is 6. The maximum Gasteiger partial charge on any atom is 0.194 e. The molecular weight excluding hydrogens is 523 g/mol. The van der Waals surface area contributed by atoms with Gasteiger partial charge in [0.15, 0.2) is 17.3 Å². The second-order valence-electron chi connectivity index (χ2n) is 10.6. The molecule has 2 fully saturated rings. The highest BCUT2D eigenvalue weighted by atomic mass is 32.1. The van der Waals surface area contributed by atoms with Crippen LogP contribution in [0, 0.1) is 5.82 Å². The predicted octanol–water partition coefficient (Wildman–Crippen LogP) is 6.89. The van der Waals surface area contributed by atoms with Gasteiger partial charge in [-0.15, -0.1) is 11.3 Å². The molecule has 208 valence electrons. The Balaban J connectivity index is 1.17. The number of carbonyl (C=O) groups is 1. The summed E-state index contributed by atoms with van der Waals surface area (Å²) in [4.78, 5) is 18.4. The zero-order valence-corrected chi connectivity index (χ0v) is 23.6. The van der Waals surface area contributed by atoms with Gasteiger partial charge in [-0.1, -0.05) is 24.3 Å². The fourth-order valence-electron chi connectivity index (χ4n) is 5.73. The van der Waals surface area contributed by atoms with Crippen molar-refractivity contribution in [3.05, 3.63) is 83.0 Å². The van der Waals surface area contributed by atoms with Crippen LogP contribution in [0.3, 0.4) is 0 Å². The van der Waals surface area contributed by atoms with Gasteiger partial charge < -0.3 is 9.47 Å². The summed E-state index contributed by atoms with van der Waals surface area (Å²) in [6, 6.07) is 18.7. The lowest BCUT2D eigenvalue weighted by Gasteiger charge is -2.15. The number of halogens is 1. The first-order valence-corrected chi connectivity index (χ1v) is 15.2. The molecule has 0 N–H and O–H groups in total. The Morgan fingerprint density at radius 3 is 2.17 bits per heavy atom. The number of nitrogens with zero attached hydrogens (tertiary/aromatic N) is 2. The lowest BCUT2D eigenvalue weighted by Crippen LogP contribution is -2.25.